The molecule has 0 spiro atoms. The van der Waals surface area contributed by atoms with Crippen molar-refractivity contribution in [1.29, 1.82) is 0 Å². The van der Waals surface area contributed by atoms with Crippen LogP contribution in [-0.4, -0.2) is 51.4 Å². The summed E-state index contributed by atoms with van der Waals surface area (Å²) in [5.41, 5.74) is 0. The Balaban J connectivity index is 2.40. The molecule has 1 atom stereocenters. The summed E-state index contributed by atoms with van der Waals surface area (Å²) in [6.07, 6.45) is 1.95. The largest absolute Gasteiger partial charge is 0.383 e. The van der Waals surface area contributed by atoms with Crippen LogP contribution in [0.15, 0.2) is 34.1 Å². The van der Waals surface area contributed by atoms with Gasteiger partial charge in [-0.3, -0.25) is 4.21 Å². The van der Waals surface area contributed by atoms with Gasteiger partial charge in [-0.25, -0.2) is 8.42 Å². The zero-order valence-corrected chi connectivity index (χ0v) is 13.4. The van der Waals surface area contributed by atoms with Gasteiger partial charge in [-0.15, -0.1) is 0 Å². The zero-order chi connectivity index (χ0) is 15.0. The summed E-state index contributed by atoms with van der Waals surface area (Å²) in [6.45, 7) is 2.23. The summed E-state index contributed by atoms with van der Waals surface area (Å²) in [6, 6.07) is 6.23. The first kappa shape index (κ1) is 17.3. The van der Waals surface area contributed by atoms with Crippen molar-refractivity contribution in [1.82, 2.24) is 5.32 Å². The second-order valence-electron chi connectivity index (χ2n) is 4.39. The normalized spacial score (nSPS) is 13.3. The van der Waals surface area contributed by atoms with Gasteiger partial charge in [0.15, 0.2) is 9.84 Å². The Hall–Kier alpha value is -0.760. The van der Waals surface area contributed by atoms with E-state index in [1.54, 1.807) is 19.2 Å². The van der Waals surface area contributed by atoms with Crippen molar-refractivity contribution < 1.29 is 17.4 Å². The van der Waals surface area contributed by atoms with Crippen LogP contribution in [0.4, 0.5) is 0 Å². The van der Waals surface area contributed by atoms with Gasteiger partial charge in [0.2, 0.25) is 0 Å². The third-order valence-electron chi connectivity index (χ3n) is 2.68. The van der Waals surface area contributed by atoms with Gasteiger partial charge in [-0.05, 0) is 37.2 Å². The van der Waals surface area contributed by atoms with E-state index in [2.05, 4.69) is 5.32 Å². The lowest BCUT2D eigenvalue weighted by Gasteiger charge is -2.05. The minimum atomic E-state index is -3.20. The van der Waals surface area contributed by atoms with Crippen LogP contribution in [0.5, 0.6) is 0 Å². The van der Waals surface area contributed by atoms with E-state index in [4.69, 9.17) is 4.74 Å². The molecule has 1 N–H and O–H groups in total. The highest BCUT2D eigenvalue weighted by Gasteiger charge is 2.08. The highest BCUT2D eigenvalue weighted by Crippen LogP contribution is 2.13. The number of sulfone groups is 1. The molecule has 1 aromatic carbocycles. The van der Waals surface area contributed by atoms with Crippen LogP contribution in [0, 0.1) is 0 Å². The van der Waals surface area contributed by atoms with Crippen LogP contribution in [0.2, 0.25) is 0 Å². The average molecular weight is 319 g/mol. The van der Waals surface area contributed by atoms with Crippen LogP contribution in [0.3, 0.4) is 0 Å². The summed E-state index contributed by atoms with van der Waals surface area (Å²) in [4.78, 5) is 0.911. The minimum absolute atomic E-state index is 0.250. The second kappa shape index (κ2) is 8.51. The molecule has 7 heteroatoms. The highest BCUT2D eigenvalue weighted by molar-refractivity contribution is 7.90. The Morgan fingerprint density at radius 1 is 1.20 bits per heavy atom. The van der Waals surface area contributed by atoms with E-state index in [9.17, 15) is 12.6 Å². The molecular weight excluding hydrogens is 298 g/mol. The van der Waals surface area contributed by atoms with E-state index >= 15 is 0 Å². The standard InChI is InChI=1S/C13H21NO4S2/c1-18-10-9-14-8-3-11-19(15)12-4-6-13(7-5-12)20(2,16)17/h4-7,14H,3,8-11H2,1-2H3. The Bertz CT molecular complexity index is 526. The monoisotopic (exact) mass is 319 g/mol. The number of ether oxygens (including phenoxy) is 1. The van der Waals surface area contributed by atoms with Gasteiger partial charge in [0.25, 0.3) is 0 Å². The summed E-state index contributed by atoms with van der Waals surface area (Å²) in [5, 5.41) is 3.18. The lowest BCUT2D eigenvalue weighted by atomic mass is 10.4. The van der Waals surface area contributed by atoms with Crippen molar-refractivity contribution in [3.63, 3.8) is 0 Å². The molecule has 0 aliphatic rings. The van der Waals surface area contributed by atoms with Gasteiger partial charge in [-0.2, -0.15) is 0 Å². The van der Waals surface area contributed by atoms with Crippen LogP contribution in [-0.2, 0) is 25.4 Å². The van der Waals surface area contributed by atoms with Crippen molar-refractivity contribution in [2.75, 3.05) is 38.8 Å². The third-order valence-corrected chi connectivity index (χ3v) is 5.27. The van der Waals surface area contributed by atoms with Crippen LogP contribution >= 0.6 is 0 Å². The van der Waals surface area contributed by atoms with Crippen molar-refractivity contribution in [2.45, 2.75) is 16.2 Å². The van der Waals surface area contributed by atoms with Gasteiger partial charge in [0, 0.05) is 30.6 Å². The molecule has 1 rings (SSSR count). The Labute approximate surface area is 123 Å². The SMILES string of the molecule is COCCNCCCS(=O)c1ccc(S(C)(=O)=O)cc1. The van der Waals surface area contributed by atoms with E-state index in [1.165, 1.54) is 12.1 Å². The van der Waals surface area contributed by atoms with E-state index in [1.807, 2.05) is 0 Å². The molecule has 20 heavy (non-hydrogen) atoms. The molecule has 0 aliphatic heterocycles. The number of nitrogens with one attached hydrogen (secondary N) is 1. The van der Waals surface area contributed by atoms with Crippen molar-refractivity contribution in [3.8, 4) is 0 Å². The number of hydrogen-bond acceptors (Lipinski definition) is 5. The maximum Gasteiger partial charge on any atom is 0.175 e. The smallest absolute Gasteiger partial charge is 0.175 e. The predicted molar refractivity (Wildman–Crippen MR) is 80.2 cm³/mol. The fourth-order valence-electron chi connectivity index (χ4n) is 1.58. The van der Waals surface area contributed by atoms with Gasteiger partial charge < -0.3 is 10.1 Å². The Morgan fingerprint density at radius 3 is 2.40 bits per heavy atom. The fourth-order valence-corrected chi connectivity index (χ4v) is 3.30. The molecule has 0 saturated carbocycles. The summed E-state index contributed by atoms with van der Waals surface area (Å²) in [5.74, 6) is 0.554. The predicted octanol–water partition coefficient (Wildman–Crippen LogP) is 0.824. The number of rotatable bonds is 9. The molecule has 0 radical (unpaired) electrons. The molecule has 114 valence electrons. The van der Waals surface area contributed by atoms with E-state index in [-0.39, 0.29) is 4.90 Å². The van der Waals surface area contributed by atoms with Crippen molar-refractivity contribution in [2.24, 2.45) is 0 Å². The van der Waals surface area contributed by atoms with E-state index in [0.717, 1.165) is 25.8 Å². The topological polar surface area (TPSA) is 72.5 Å². The lowest BCUT2D eigenvalue weighted by Crippen LogP contribution is -2.21. The van der Waals surface area contributed by atoms with E-state index in [0.29, 0.717) is 17.3 Å². The first-order chi connectivity index (χ1) is 9.45. The quantitative estimate of drug-likeness (QED) is 0.682. The maximum absolute atomic E-state index is 12.0. The summed E-state index contributed by atoms with van der Waals surface area (Å²) in [7, 11) is -2.64. The first-order valence-corrected chi connectivity index (χ1v) is 9.54. The molecule has 0 bridgehead atoms. The maximum atomic E-state index is 12.0. The highest BCUT2D eigenvalue weighted by atomic mass is 32.2. The molecular formula is C13H21NO4S2. The second-order valence-corrected chi connectivity index (χ2v) is 7.98. The third kappa shape index (κ3) is 6.13. The Morgan fingerprint density at radius 2 is 1.85 bits per heavy atom. The molecule has 0 aromatic heterocycles. The summed E-state index contributed by atoms with van der Waals surface area (Å²) < 4.78 is 39.5. The fraction of sp³-hybridized carbons (Fsp3) is 0.538. The lowest BCUT2D eigenvalue weighted by molar-refractivity contribution is 0.199. The van der Waals surface area contributed by atoms with E-state index < -0.39 is 20.6 Å². The van der Waals surface area contributed by atoms with Crippen LogP contribution < -0.4 is 5.32 Å². The average Bonchev–Trinajstić information content (AvgIpc) is 2.41. The molecule has 0 saturated heterocycles. The first-order valence-electron chi connectivity index (χ1n) is 6.33. The molecule has 0 fully saturated rings. The van der Waals surface area contributed by atoms with Gasteiger partial charge in [-0.1, -0.05) is 0 Å². The van der Waals surface area contributed by atoms with Crippen LogP contribution in [0.1, 0.15) is 6.42 Å². The molecule has 5 nitrogen and oxygen atoms in total. The molecule has 1 aromatic rings. The van der Waals surface area contributed by atoms with Crippen molar-refractivity contribution >= 4 is 20.6 Å². The number of hydrogen-bond donors (Lipinski definition) is 1. The zero-order valence-electron chi connectivity index (χ0n) is 11.8. The van der Waals surface area contributed by atoms with Gasteiger partial charge in [0.05, 0.1) is 22.3 Å². The molecule has 0 heterocycles. The van der Waals surface area contributed by atoms with Gasteiger partial charge in [0.1, 0.15) is 0 Å². The minimum Gasteiger partial charge on any atom is -0.383 e. The number of methoxy groups -OCH3 is 1. The molecule has 0 amide bonds. The molecule has 1 unspecified atom stereocenters. The molecule has 0 aliphatic carbocycles. The van der Waals surface area contributed by atoms with Gasteiger partial charge >= 0.3 is 0 Å². The van der Waals surface area contributed by atoms with Crippen molar-refractivity contribution in [3.05, 3.63) is 24.3 Å². The summed E-state index contributed by atoms with van der Waals surface area (Å²) >= 11 is 0. The number of benzene rings is 1. The van der Waals surface area contributed by atoms with Crippen LogP contribution in [0.25, 0.3) is 0 Å². The Kier molecular flexibility index (Phi) is 7.36.